The molecule has 9 nitrogen and oxygen atoms in total. The summed E-state index contributed by atoms with van der Waals surface area (Å²) < 4.78 is 32.5. The number of amides is 1. The molecule has 222 valence electrons. The molecular formula is C28H34Cl2IN5O4S. The summed E-state index contributed by atoms with van der Waals surface area (Å²) in [7, 11) is -1.91. The molecule has 0 bridgehead atoms. The Labute approximate surface area is 266 Å². The van der Waals surface area contributed by atoms with Crippen molar-refractivity contribution >= 4 is 102 Å². The monoisotopic (exact) mass is 733 g/mol. The maximum absolute atomic E-state index is 13.3. The minimum absolute atomic E-state index is 0. The van der Waals surface area contributed by atoms with Gasteiger partial charge in [-0.2, -0.15) is 0 Å². The van der Waals surface area contributed by atoms with Crippen molar-refractivity contribution in [2.24, 2.45) is 0 Å². The summed E-state index contributed by atoms with van der Waals surface area (Å²) in [6.45, 7) is 7.37. The second kappa shape index (κ2) is 15.1. The summed E-state index contributed by atoms with van der Waals surface area (Å²) in [4.78, 5) is 20.4. The highest BCUT2D eigenvalue weighted by atomic mass is 127. The number of hydrogen-bond acceptors (Lipinski definition) is 7. The van der Waals surface area contributed by atoms with Crippen LogP contribution in [0.3, 0.4) is 0 Å². The van der Waals surface area contributed by atoms with Crippen LogP contribution in [0.15, 0.2) is 54.6 Å². The Kier molecular flexibility index (Phi) is 12.7. The molecule has 3 aromatic carbocycles. The number of sulfonamides is 1. The molecule has 4 rings (SSSR count). The molecular weight excluding hydrogens is 700 g/mol. The fourth-order valence-electron chi connectivity index (χ4n) is 4.42. The third kappa shape index (κ3) is 8.48. The number of rotatable bonds is 11. The van der Waals surface area contributed by atoms with E-state index in [4.69, 9.17) is 9.72 Å². The Hall–Kier alpha value is -2.58. The molecule has 41 heavy (non-hydrogen) atoms. The second-order valence-corrected chi connectivity index (χ2v) is 12.0. The minimum atomic E-state index is -3.44. The predicted octanol–water partition coefficient (Wildman–Crippen LogP) is 6.03. The van der Waals surface area contributed by atoms with Gasteiger partial charge in [-0.25, -0.2) is 13.4 Å². The van der Waals surface area contributed by atoms with E-state index in [0.717, 1.165) is 51.4 Å². The highest BCUT2D eigenvalue weighted by molar-refractivity contribution is 14.1. The summed E-state index contributed by atoms with van der Waals surface area (Å²) in [6, 6.07) is 16.6. The molecule has 0 aliphatic carbocycles. The van der Waals surface area contributed by atoms with Gasteiger partial charge in [0.1, 0.15) is 5.75 Å². The molecule has 0 radical (unpaired) electrons. The SMILES string of the molecule is CCN(CC)CCNC(=O)c1cccc2c(Nc3ccc(NS(C)(=O)=O)cc3OC)c3cc(I)ccc3nc12.Cl.Cl. The maximum Gasteiger partial charge on any atom is 0.253 e. The van der Waals surface area contributed by atoms with E-state index in [0.29, 0.717) is 34.7 Å². The van der Waals surface area contributed by atoms with Crippen molar-refractivity contribution in [3.8, 4) is 5.75 Å². The number of anilines is 3. The van der Waals surface area contributed by atoms with Crippen molar-refractivity contribution in [1.29, 1.82) is 0 Å². The highest BCUT2D eigenvalue weighted by Gasteiger charge is 2.18. The number of fused-ring (bicyclic) bond motifs is 2. The molecule has 0 spiro atoms. The summed E-state index contributed by atoms with van der Waals surface area (Å²) in [6.07, 6.45) is 1.10. The topological polar surface area (TPSA) is 113 Å². The van der Waals surface area contributed by atoms with Crippen LogP contribution in [0.25, 0.3) is 21.8 Å². The summed E-state index contributed by atoms with van der Waals surface area (Å²) in [5, 5.41) is 8.19. The average Bonchev–Trinajstić information content (AvgIpc) is 2.90. The van der Waals surface area contributed by atoms with Gasteiger partial charge < -0.3 is 20.3 Å². The molecule has 3 N–H and O–H groups in total. The van der Waals surface area contributed by atoms with Gasteiger partial charge in [0, 0.05) is 33.5 Å². The smallest absolute Gasteiger partial charge is 0.253 e. The lowest BCUT2D eigenvalue weighted by molar-refractivity contribution is 0.0950. The zero-order valence-corrected chi connectivity index (χ0v) is 27.8. The molecule has 1 aromatic heterocycles. The van der Waals surface area contributed by atoms with E-state index in [2.05, 4.69) is 56.7 Å². The van der Waals surface area contributed by atoms with Gasteiger partial charge in [0.15, 0.2) is 0 Å². The summed E-state index contributed by atoms with van der Waals surface area (Å²) >= 11 is 2.26. The maximum atomic E-state index is 13.3. The lowest BCUT2D eigenvalue weighted by atomic mass is 10.0. The number of carbonyl (C=O) groups excluding carboxylic acids is 1. The summed E-state index contributed by atoms with van der Waals surface area (Å²) in [5.41, 5.74) is 3.62. The number of aromatic nitrogens is 1. The number of nitrogens with zero attached hydrogens (tertiary/aromatic N) is 2. The van der Waals surface area contributed by atoms with E-state index in [1.54, 1.807) is 24.3 Å². The first-order chi connectivity index (χ1) is 18.6. The van der Waals surface area contributed by atoms with Gasteiger partial charge in [-0.1, -0.05) is 26.0 Å². The van der Waals surface area contributed by atoms with Crippen LogP contribution in [0.4, 0.5) is 17.1 Å². The van der Waals surface area contributed by atoms with E-state index in [1.165, 1.54) is 7.11 Å². The number of methoxy groups -OCH3 is 1. The van der Waals surface area contributed by atoms with Gasteiger partial charge in [0.05, 0.1) is 47.0 Å². The lowest BCUT2D eigenvalue weighted by Crippen LogP contribution is -2.34. The Morgan fingerprint density at radius 3 is 2.41 bits per heavy atom. The molecule has 1 heterocycles. The first kappa shape index (κ1) is 34.6. The zero-order chi connectivity index (χ0) is 28.2. The van der Waals surface area contributed by atoms with E-state index < -0.39 is 10.0 Å². The number of para-hydroxylation sites is 1. The van der Waals surface area contributed by atoms with Crippen LogP contribution in [0.1, 0.15) is 24.2 Å². The summed E-state index contributed by atoms with van der Waals surface area (Å²) in [5.74, 6) is 0.280. The van der Waals surface area contributed by atoms with E-state index in [1.807, 2.05) is 30.3 Å². The standard InChI is InChI=1S/C28H32IN5O4S.2ClH/c1-5-34(6-2)15-14-30-28(35)21-9-7-8-20-26(21)31-23-12-10-18(29)16-22(23)27(20)32-24-13-11-19(17-25(24)38-3)33-39(4,36)37;;/h7-13,16-17,33H,5-6,14-15H2,1-4H3,(H,30,35)(H,31,32);2*1H. The van der Waals surface area contributed by atoms with E-state index in [9.17, 15) is 13.2 Å². The molecule has 0 aliphatic rings. The van der Waals surface area contributed by atoms with Crippen molar-refractivity contribution in [3.05, 3.63) is 63.7 Å². The Balaban J connectivity index is 0.00000294. The van der Waals surface area contributed by atoms with Gasteiger partial charge in [-0.3, -0.25) is 9.52 Å². The number of ether oxygens (including phenoxy) is 1. The normalized spacial score (nSPS) is 11.1. The third-order valence-corrected chi connectivity index (χ3v) is 7.66. The van der Waals surface area contributed by atoms with Crippen LogP contribution in [0.2, 0.25) is 0 Å². The largest absolute Gasteiger partial charge is 0.494 e. The first-order valence-electron chi connectivity index (χ1n) is 12.6. The number of hydrogen-bond donors (Lipinski definition) is 3. The van der Waals surface area contributed by atoms with Gasteiger partial charge in [0.25, 0.3) is 5.91 Å². The molecule has 1 amide bonds. The fraction of sp³-hybridized carbons (Fsp3) is 0.286. The molecule has 0 unspecified atom stereocenters. The Morgan fingerprint density at radius 1 is 1.02 bits per heavy atom. The van der Waals surface area contributed by atoms with Gasteiger partial charge in [-0.15, -0.1) is 24.8 Å². The minimum Gasteiger partial charge on any atom is -0.494 e. The van der Waals surface area contributed by atoms with E-state index in [-0.39, 0.29) is 30.7 Å². The van der Waals surface area contributed by atoms with Crippen LogP contribution in [0.5, 0.6) is 5.75 Å². The van der Waals surface area contributed by atoms with Gasteiger partial charge >= 0.3 is 0 Å². The van der Waals surface area contributed by atoms with Crippen LogP contribution < -0.4 is 20.1 Å². The van der Waals surface area contributed by atoms with Crippen LogP contribution in [-0.2, 0) is 10.0 Å². The molecule has 0 fully saturated rings. The van der Waals surface area contributed by atoms with Crippen molar-refractivity contribution in [3.63, 3.8) is 0 Å². The number of halogens is 3. The molecule has 13 heteroatoms. The molecule has 0 aliphatic heterocycles. The zero-order valence-electron chi connectivity index (χ0n) is 23.2. The quantitative estimate of drug-likeness (QED) is 0.128. The third-order valence-electron chi connectivity index (χ3n) is 6.38. The number of likely N-dealkylation sites (N-methyl/N-ethyl adjacent to an activating group) is 1. The lowest BCUT2D eigenvalue weighted by Gasteiger charge is -2.19. The van der Waals surface area contributed by atoms with Crippen molar-refractivity contribution in [1.82, 2.24) is 15.2 Å². The van der Waals surface area contributed by atoms with E-state index >= 15 is 0 Å². The first-order valence-corrected chi connectivity index (χ1v) is 15.6. The highest BCUT2D eigenvalue weighted by Crippen LogP contribution is 2.38. The number of benzene rings is 3. The van der Waals surface area contributed by atoms with Crippen molar-refractivity contribution in [2.45, 2.75) is 13.8 Å². The van der Waals surface area contributed by atoms with Crippen LogP contribution in [0, 0.1) is 3.57 Å². The predicted molar refractivity (Wildman–Crippen MR) is 181 cm³/mol. The number of carbonyl (C=O) groups is 1. The Bertz CT molecular complexity index is 1640. The van der Waals surface area contributed by atoms with Gasteiger partial charge in [-0.05, 0) is 72.1 Å². The van der Waals surface area contributed by atoms with Crippen molar-refractivity contribution in [2.75, 3.05) is 49.6 Å². The van der Waals surface area contributed by atoms with Crippen LogP contribution >= 0.6 is 47.4 Å². The molecule has 4 aromatic rings. The molecule has 0 saturated heterocycles. The number of nitrogens with one attached hydrogen (secondary N) is 3. The second-order valence-electron chi connectivity index (χ2n) is 9.05. The molecule has 0 atom stereocenters. The average molecular weight is 734 g/mol. The van der Waals surface area contributed by atoms with Crippen LogP contribution in [-0.4, -0.2) is 63.8 Å². The Morgan fingerprint density at radius 2 is 1.76 bits per heavy atom. The fourth-order valence-corrected chi connectivity index (χ4v) is 5.47. The van der Waals surface area contributed by atoms with Crippen molar-refractivity contribution < 1.29 is 17.9 Å². The number of pyridine rings is 1. The van der Waals surface area contributed by atoms with Gasteiger partial charge in [0.2, 0.25) is 10.0 Å². The molecule has 0 saturated carbocycles.